The topological polar surface area (TPSA) is 69.6 Å². The van der Waals surface area contributed by atoms with Crippen molar-refractivity contribution in [2.24, 2.45) is 5.92 Å². The molecule has 2 amide bonds. The molecule has 2 aromatic carbocycles. The van der Waals surface area contributed by atoms with Gasteiger partial charge in [0.05, 0.1) is 5.69 Å². The maximum atomic E-state index is 13.6. The van der Waals surface area contributed by atoms with Crippen LogP contribution in [-0.2, 0) is 4.79 Å². The van der Waals surface area contributed by atoms with E-state index in [0.717, 1.165) is 17.1 Å². The molecule has 8 heteroatoms. The number of anilines is 1. The summed E-state index contributed by atoms with van der Waals surface area (Å²) < 4.78 is 13.6. The van der Waals surface area contributed by atoms with Crippen molar-refractivity contribution in [2.45, 2.75) is 20.8 Å². The fourth-order valence-corrected chi connectivity index (χ4v) is 4.28. The van der Waals surface area contributed by atoms with Gasteiger partial charge in [-0.2, -0.15) is 0 Å². The molecule has 1 aliphatic rings. The summed E-state index contributed by atoms with van der Waals surface area (Å²) in [6.07, 6.45) is 0. The van der Waals surface area contributed by atoms with E-state index in [0.29, 0.717) is 32.7 Å². The van der Waals surface area contributed by atoms with Gasteiger partial charge >= 0.3 is 0 Å². The second-order valence-electron chi connectivity index (χ2n) is 9.60. The van der Waals surface area contributed by atoms with E-state index in [-0.39, 0.29) is 29.8 Å². The molecule has 0 N–H and O–H groups in total. The van der Waals surface area contributed by atoms with Crippen molar-refractivity contribution in [3.05, 3.63) is 77.6 Å². The Kier molecular flexibility index (Phi) is 7.93. The van der Waals surface area contributed by atoms with Gasteiger partial charge in [-0.25, -0.2) is 4.39 Å². The van der Waals surface area contributed by atoms with Crippen LogP contribution in [0.5, 0.6) is 0 Å². The van der Waals surface area contributed by atoms with Gasteiger partial charge in [0.25, 0.3) is 5.91 Å². The maximum absolute atomic E-state index is 13.6. The van der Waals surface area contributed by atoms with Crippen molar-refractivity contribution in [2.75, 3.05) is 44.2 Å². The zero-order valence-corrected chi connectivity index (χ0v) is 21.0. The van der Waals surface area contributed by atoms with Gasteiger partial charge in [0, 0.05) is 43.9 Å². The molecule has 36 heavy (non-hydrogen) atoms. The second kappa shape index (κ2) is 11.3. The molecule has 0 unspecified atom stereocenters. The summed E-state index contributed by atoms with van der Waals surface area (Å²) in [5, 5.41) is 8.79. The van der Waals surface area contributed by atoms with E-state index >= 15 is 0 Å². The molecule has 0 spiro atoms. The van der Waals surface area contributed by atoms with Crippen LogP contribution in [0.25, 0.3) is 11.3 Å². The summed E-state index contributed by atoms with van der Waals surface area (Å²) in [6, 6.07) is 17.7. The zero-order chi connectivity index (χ0) is 25.7. The molecule has 0 bridgehead atoms. The summed E-state index contributed by atoms with van der Waals surface area (Å²) in [5.74, 6) is 0.0389. The molecule has 2 heterocycles. The molecule has 0 aliphatic carbocycles. The maximum Gasteiger partial charge on any atom is 0.254 e. The lowest BCUT2D eigenvalue weighted by Gasteiger charge is -2.36. The number of rotatable bonds is 7. The molecule has 3 aromatic rings. The summed E-state index contributed by atoms with van der Waals surface area (Å²) in [4.78, 5) is 31.5. The summed E-state index contributed by atoms with van der Waals surface area (Å²) in [7, 11) is 0. The number of hydrogen-bond acceptors (Lipinski definition) is 5. The van der Waals surface area contributed by atoms with Crippen LogP contribution in [0.3, 0.4) is 0 Å². The minimum atomic E-state index is -0.470. The van der Waals surface area contributed by atoms with E-state index in [9.17, 15) is 14.0 Å². The van der Waals surface area contributed by atoms with Crippen LogP contribution >= 0.6 is 0 Å². The Morgan fingerprint density at radius 2 is 1.69 bits per heavy atom. The summed E-state index contributed by atoms with van der Waals surface area (Å²) in [5.41, 5.74) is 3.29. The summed E-state index contributed by atoms with van der Waals surface area (Å²) >= 11 is 0. The molecule has 4 rings (SSSR count). The van der Waals surface area contributed by atoms with E-state index in [1.807, 2.05) is 45.0 Å². The molecular weight excluding hydrogens is 457 g/mol. The smallest absolute Gasteiger partial charge is 0.254 e. The molecule has 1 aromatic heterocycles. The molecule has 0 atom stereocenters. The van der Waals surface area contributed by atoms with Crippen LogP contribution in [0.1, 0.15) is 29.8 Å². The fraction of sp³-hybridized carbons (Fsp3) is 0.357. The first kappa shape index (κ1) is 25.3. The van der Waals surface area contributed by atoms with E-state index in [1.54, 1.807) is 11.0 Å². The number of hydrogen-bond donors (Lipinski definition) is 0. The normalized spacial score (nSPS) is 13.7. The van der Waals surface area contributed by atoms with Crippen LogP contribution in [-0.4, -0.2) is 71.1 Å². The highest BCUT2D eigenvalue weighted by atomic mass is 19.1. The number of nitrogens with zero attached hydrogens (tertiary/aromatic N) is 5. The van der Waals surface area contributed by atoms with Crippen LogP contribution in [0.2, 0.25) is 0 Å². The highest BCUT2D eigenvalue weighted by Gasteiger charge is 2.26. The number of benzene rings is 2. The van der Waals surface area contributed by atoms with Gasteiger partial charge in [-0.15, -0.1) is 10.2 Å². The Bertz CT molecular complexity index is 1190. The number of aromatic nitrogens is 2. The standard InChI is InChI=1S/C28H32FN5O2/c1-20(2)18-34(28(36)23-5-4-6-24(29)17-23)19-27(35)33-15-13-32(14-16-33)26-12-11-25(30-31-26)22-9-7-21(3)8-10-22/h4-12,17,20H,13-16,18-19H2,1-3H3. The number of halogens is 1. The highest BCUT2D eigenvalue weighted by molar-refractivity contribution is 5.96. The van der Waals surface area contributed by atoms with E-state index in [2.05, 4.69) is 27.2 Å². The third-order valence-electron chi connectivity index (χ3n) is 6.22. The molecule has 1 aliphatic heterocycles. The average Bonchev–Trinajstić information content (AvgIpc) is 2.88. The van der Waals surface area contributed by atoms with Crippen molar-refractivity contribution in [3.8, 4) is 11.3 Å². The van der Waals surface area contributed by atoms with Crippen LogP contribution < -0.4 is 4.90 Å². The van der Waals surface area contributed by atoms with Gasteiger partial charge < -0.3 is 14.7 Å². The first-order chi connectivity index (χ1) is 17.3. The number of amides is 2. The Morgan fingerprint density at radius 3 is 2.31 bits per heavy atom. The Labute approximate surface area is 211 Å². The quantitative estimate of drug-likeness (QED) is 0.501. The van der Waals surface area contributed by atoms with Crippen molar-refractivity contribution < 1.29 is 14.0 Å². The minimum Gasteiger partial charge on any atom is -0.352 e. The Morgan fingerprint density at radius 1 is 0.972 bits per heavy atom. The number of piperazine rings is 1. The second-order valence-corrected chi connectivity index (χ2v) is 9.60. The van der Waals surface area contributed by atoms with Crippen molar-refractivity contribution in [1.29, 1.82) is 0 Å². The SMILES string of the molecule is Cc1ccc(-c2ccc(N3CCN(C(=O)CN(CC(C)C)C(=O)c4cccc(F)c4)CC3)nn2)cc1. The van der Waals surface area contributed by atoms with Gasteiger partial charge in [-0.3, -0.25) is 9.59 Å². The molecule has 0 saturated carbocycles. The number of aryl methyl sites for hydroxylation is 1. The lowest BCUT2D eigenvalue weighted by molar-refractivity contribution is -0.132. The predicted molar refractivity (Wildman–Crippen MR) is 138 cm³/mol. The van der Waals surface area contributed by atoms with Gasteiger partial charge in [0.1, 0.15) is 12.4 Å². The fourth-order valence-electron chi connectivity index (χ4n) is 4.28. The molecule has 1 fully saturated rings. The largest absolute Gasteiger partial charge is 0.352 e. The van der Waals surface area contributed by atoms with Crippen LogP contribution in [0, 0.1) is 18.7 Å². The third-order valence-corrected chi connectivity index (χ3v) is 6.22. The van der Waals surface area contributed by atoms with Gasteiger partial charge in [-0.05, 0) is 43.2 Å². The Balaban J connectivity index is 1.35. The van der Waals surface area contributed by atoms with Crippen LogP contribution in [0.15, 0.2) is 60.7 Å². The molecule has 188 valence electrons. The first-order valence-electron chi connectivity index (χ1n) is 12.3. The zero-order valence-electron chi connectivity index (χ0n) is 21.0. The van der Waals surface area contributed by atoms with E-state index in [4.69, 9.17) is 0 Å². The third kappa shape index (κ3) is 6.24. The van der Waals surface area contributed by atoms with Gasteiger partial charge in [-0.1, -0.05) is 49.7 Å². The Hall–Kier alpha value is -3.81. The number of carbonyl (C=O) groups excluding carboxylic acids is 2. The molecule has 1 saturated heterocycles. The first-order valence-corrected chi connectivity index (χ1v) is 12.3. The summed E-state index contributed by atoms with van der Waals surface area (Å²) in [6.45, 7) is 8.74. The molecular formula is C28H32FN5O2. The van der Waals surface area contributed by atoms with Gasteiger partial charge in [0.15, 0.2) is 5.82 Å². The average molecular weight is 490 g/mol. The van der Waals surface area contributed by atoms with E-state index in [1.165, 1.54) is 28.7 Å². The van der Waals surface area contributed by atoms with Gasteiger partial charge in [0.2, 0.25) is 5.91 Å². The number of carbonyl (C=O) groups is 2. The highest BCUT2D eigenvalue weighted by Crippen LogP contribution is 2.20. The molecule has 0 radical (unpaired) electrons. The molecule has 7 nitrogen and oxygen atoms in total. The lowest BCUT2D eigenvalue weighted by atomic mass is 10.1. The van der Waals surface area contributed by atoms with Crippen LogP contribution in [0.4, 0.5) is 10.2 Å². The predicted octanol–water partition coefficient (Wildman–Crippen LogP) is 4.04. The minimum absolute atomic E-state index is 0.0292. The van der Waals surface area contributed by atoms with E-state index < -0.39 is 5.82 Å². The van der Waals surface area contributed by atoms with Crippen molar-refractivity contribution in [1.82, 2.24) is 20.0 Å². The lowest BCUT2D eigenvalue weighted by Crippen LogP contribution is -2.52. The van der Waals surface area contributed by atoms with Crippen molar-refractivity contribution >= 4 is 17.6 Å². The van der Waals surface area contributed by atoms with Crippen molar-refractivity contribution in [3.63, 3.8) is 0 Å². The monoisotopic (exact) mass is 489 g/mol.